The summed E-state index contributed by atoms with van der Waals surface area (Å²) in [6.45, 7) is 3.00. The van der Waals surface area contributed by atoms with Crippen molar-refractivity contribution >= 4 is 39.1 Å². The molecule has 0 saturated carbocycles. The first kappa shape index (κ1) is 18.4. The number of fused-ring (bicyclic) bond motifs is 1. The van der Waals surface area contributed by atoms with Crippen LogP contribution in [0.2, 0.25) is 5.02 Å². The average Bonchev–Trinajstić information content (AvgIpc) is 3.12. The number of amides is 1. The van der Waals surface area contributed by atoms with Gasteiger partial charge in [0.2, 0.25) is 0 Å². The summed E-state index contributed by atoms with van der Waals surface area (Å²) in [7, 11) is 0. The molecule has 1 saturated heterocycles. The van der Waals surface area contributed by atoms with Crippen molar-refractivity contribution in [3.63, 3.8) is 0 Å². The third-order valence-electron chi connectivity index (χ3n) is 5.12. The lowest BCUT2D eigenvalue weighted by molar-refractivity contribution is -0.898. The number of quaternary nitrogens is 1. The van der Waals surface area contributed by atoms with Gasteiger partial charge in [-0.05, 0) is 36.6 Å². The van der Waals surface area contributed by atoms with Crippen LogP contribution < -0.4 is 10.2 Å². The molecule has 1 amide bonds. The quantitative estimate of drug-likeness (QED) is 0.691. The van der Waals surface area contributed by atoms with Crippen molar-refractivity contribution in [2.75, 3.05) is 19.6 Å². The number of halogens is 1. The van der Waals surface area contributed by atoms with Gasteiger partial charge < -0.3 is 10.2 Å². The smallest absolute Gasteiger partial charge is 0.275 e. The molecule has 0 radical (unpaired) electrons. The summed E-state index contributed by atoms with van der Waals surface area (Å²) in [4.78, 5) is 18.6. The number of hydrogen-bond donors (Lipinski definition) is 2. The van der Waals surface area contributed by atoms with Gasteiger partial charge in [-0.3, -0.25) is 4.79 Å². The first-order valence-electron chi connectivity index (χ1n) is 9.38. The van der Waals surface area contributed by atoms with Gasteiger partial charge >= 0.3 is 0 Å². The summed E-state index contributed by atoms with van der Waals surface area (Å²) >= 11 is 7.95. The van der Waals surface area contributed by atoms with Crippen molar-refractivity contribution in [1.82, 2.24) is 10.3 Å². The lowest BCUT2D eigenvalue weighted by Gasteiger charge is -2.28. The fourth-order valence-electron chi connectivity index (χ4n) is 3.71. The predicted molar refractivity (Wildman–Crippen MR) is 110 cm³/mol. The Hall–Kier alpha value is -1.95. The zero-order valence-electron chi connectivity index (χ0n) is 15.1. The molecule has 140 valence electrons. The number of para-hydroxylation sites is 1. The number of carbonyl (C=O) groups excluding carboxylic acids is 1. The van der Waals surface area contributed by atoms with E-state index in [1.807, 2.05) is 30.3 Å². The Kier molecular flexibility index (Phi) is 5.72. The number of hydrogen-bond acceptors (Lipinski definition) is 3. The van der Waals surface area contributed by atoms with Gasteiger partial charge in [0.1, 0.15) is 5.01 Å². The molecular weight excluding hydrogens is 378 g/mol. The zero-order chi connectivity index (χ0) is 18.6. The molecule has 0 bridgehead atoms. The number of aromatic nitrogens is 1. The summed E-state index contributed by atoms with van der Waals surface area (Å²) < 4.78 is 1.25. The van der Waals surface area contributed by atoms with E-state index in [1.165, 1.54) is 14.6 Å². The Morgan fingerprint density at radius 1 is 1.22 bits per heavy atom. The molecule has 0 aliphatic carbocycles. The number of nitrogens with one attached hydrogen (secondary N) is 2. The zero-order valence-corrected chi connectivity index (χ0v) is 16.7. The maximum Gasteiger partial charge on any atom is 0.275 e. The number of rotatable bonds is 5. The van der Waals surface area contributed by atoms with Gasteiger partial charge in [0, 0.05) is 11.6 Å². The second-order valence-electron chi connectivity index (χ2n) is 7.11. The van der Waals surface area contributed by atoms with E-state index in [0.717, 1.165) is 37.0 Å². The van der Waals surface area contributed by atoms with Crippen LogP contribution in [0.15, 0.2) is 48.5 Å². The molecule has 1 unspecified atom stereocenters. The normalized spacial score (nSPS) is 19.9. The maximum absolute atomic E-state index is 12.4. The number of likely N-dealkylation sites (tertiary alicyclic amines) is 1. The van der Waals surface area contributed by atoms with Crippen LogP contribution in [0.4, 0.5) is 0 Å². The fraction of sp³-hybridized carbons (Fsp3) is 0.333. The van der Waals surface area contributed by atoms with Crippen LogP contribution in [0.25, 0.3) is 10.2 Å². The highest BCUT2D eigenvalue weighted by atomic mass is 35.5. The SMILES string of the molecule is O=C(C[NH+]1CCC[C@H](c2nc3ccccc3s2)C1)NCc1ccccc1Cl. The van der Waals surface area contributed by atoms with Crippen LogP contribution in [-0.4, -0.2) is 30.5 Å². The van der Waals surface area contributed by atoms with E-state index in [1.54, 1.807) is 11.3 Å². The topological polar surface area (TPSA) is 46.4 Å². The second kappa shape index (κ2) is 8.38. The van der Waals surface area contributed by atoms with Gasteiger partial charge in [0.05, 0.1) is 29.2 Å². The molecule has 2 atom stereocenters. The standard InChI is InChI=1S/C21H22ClN3OS/c22-17-8-2-1-6-15(17)12-23-20(26)14-25-11-5-7-16(13-25)21-24-18-9-3-4-10-19(18)27-21/h1-4,6,8-10,16H,5,7,11-14H2,(H,23,26)/p+1/t16-/m0/s1. The summed E-state index contributed by atoms with van der Waals surface area (Å²) in [5.41, 5.74) is 2.04. The van der Waals surface area contributed by atoms with Gasteiger partial charge in [-0.2, -0.15) is 0 Å². The third-order valence-corrected chi connectivity index (χ3v) is 6.69. The molecule has 1 aliphatic heterocycles. The van der Waals surface area contributed by atoms with Crippen LogP contribution >= 0.6 is 22.9 Å². The van der Waals surface area contributed by atoms with E-state index in [9.17, 15) is 4.79 Å². The molecule has 0 spiro atoms. The van der Waals surface area contributed by atoms with Gasteiger partial charge in [-0.25, -0.2) is 4.98 Å². The second-order valence-corrected chi connectivity index (χ2v) is 8.58. The third kappa shape index (κ3) is 4.49. The fourth-order valence-corrected chi connectivity index (χ4v) is 5.02. The molecule has 2 heterocycles. The van der Waals surface area contributed by atoms with Crippen molar-refractivity contribution in [1.29, 1.82) is 0 Å². The van der Waals surface area contributed by atoms with Gasteiger partial charge in [0.25, 0.3) is 5.91 Å². The highest BCUT2D eigenvalue weighted by Gasteiger charge is 2.28. The molecule has 1 aliphatic rings. The number of benzene rings is 2. The minimum Gasteiger partial charge on any atom is -0.347 e. The van der Waals surface area contributed by atoms with Gasteiger partial charge in [0.15, 0.2) is 6.54 Å². The van der Waals surface area contributed by atoms with Crippen LogP contribution in [0.5, 0.6) is 0 Å². The van der Waals surface area contributed by atoms with E-state index in [2.05, 4.69) is 23.5 Å². The largest absolute Gasteiger partial charge is 0.347 e. The highest BCUT2D eigenvalue weighted by molar-refractivity contribution is 7.18. The van der Waals surface area contributed by atoms with E-state index < -0.39 is 0 Å². The van der Waals surface area contributed by atoms with Crippen molar-refractivity contribution < 1.29 is 9.69 Å². The molecule has 6 heteroatoms. The van der Waals surface area contributed by atoms with E-state index in [4.69, 9.17) is 16.6 Å². The number of piperidine rings is 1. The van der Waals surface area contributed by atoms with Crippen LogP contribution in [0.1, 0.15) is 29.3 Å². The van der Waals surface area contributed by atoms with Crippen LogP contribution in [-0.2, 0) is 11.3 Å². The van der Waals surface area contributed by atoms with Crippen molar-refractivity contribution in [2.45, 2.75) is 25.3 Å². The van der Waals surface area contributed by atoms with Crippen LogP contribution in [0, 0.1) is 0 Å². The minimum absolute atomic E-state index is 0.0786. The molecule has 2 N–H and O–H groups in total. The summed E-state index contributed by atoms with van der Waals surface area (Å²) in [6.07, 6.45) is 2.29. The molecule has 4 nitrogen and oxygen atoms in total. The Balaban J connectivity index is 1.34. The first-order valence-corrected chi connectivity index (χ1v) is 10.6. The first-order chi connectivity index (χ1) is 13.2. The number of carbonyl (C=O) groups is 1. The Bertz CT molecular complexity index is 909. The van der Waals surface area contributed by atoms with Crippen molar-refractivity contribution in [3.8, 4) is 0 Å². The van der Waals surface area contributed by atoms with Gasteiger partial charge in [-0.15, -0.1) is 11.3 Å². The van der Waals surface area contributed by atoms with Crippen LogP contribution in [0.3, 0.4) is 0 Å². The lowest BCUT2D eigenvalue weighted by atomic mass is 9.99. The summed E-state index contributed by atoms with van der Waals surface area (Å²) in [6, 6.07) is 15.9. The average molecular weight is 401 g/mol. The lowest BCUT2D eigenvalue weighted by Crippen LogP contribution is -3.14. The molecular formula is C21H23ClN3OS+. The predicted octanol–water partition coefficient (Wildman–Crippen LogP) is 3.03. The molecule has 1 fully saturated rings. The van der Waals surface area contributed by atoms with E-state index >= 15 is 0 Å². The molecule has 2 aromatic carbocycles. The molecule has 3 aromatic rings. The highest BCUT2D eigenvalue weighted by Crippen LogP contribution is 2.30. The molecule has 1 aromatic heterocycles. The number of thiazole rings is 1. The summed E-state index contributed by atoms with van der Waals surface area (Å²) in [5.74, 6) is 0.525. The molecule has 4 rings (SSSR count). The van der Waals surface area contributed by atoms with E-state index in [-0.39, 0.29) is 5.91 Å². The summed E-state index contributed by atoms with van der Waals surface area (Å²) in [5, 5.41) is 4.91. The Labute approximate surface area is 168 Å². The minimum atomic E-state index is 0.0786. The van der Waals surface area contributed by atoms with E-state index in [0.29, 0.717) is 24.0 Å². The molecule has 27 heavy (non-hydrogen) atoms. The van der Waals surface area contributed by atoms with Gasteiger partial charge in [-0.1, -0.05) is 41.9 Å². The van der Waals surface area contributed by atoms with Crippen molar-refractivity contribution in [2.24, 2.45) is 0 Å². The Morgan fingerprint density at radius 3 is 2.89 bits per heavy atom. The maximum atomic E-state index is 12.4. The van der Waals surface area contributed by atoms with Crippen molar-refractivity contribution in [3.05, 3.63) is 64.1 Å². The number of nitrogens with zero attached hydrogens (tertiary/aromatic N) is 1. The monoisotopic (exact) mass is 400 g/mol. The Morgan fingerprint density at radius 2 is 2.04 bits per heavy atom.